The van der Waals surface area contributed by atoms with Crippen LogP contribution in [0.2, 0.25) is 0 Å². The maximum atomic E-state index is 12.8. The molecule has 4 aromatic rings. The van der Waals surface area contributed by atoms with Crippen molar-refractivity contribution in [2.24, 2.45) is 0 Å². The van der Waals surface area contributed by atoms with Crippen LogP contribution in [0.3, 0.4) is 0 Å². The van der Waals surface area contributed by atoms with E-state index in [9.17, 15) is 9.90 Å². The van der Waals surface area contributed by atoms with Gasteiger partial charge < -0.3 is 24.6 Å². The summed E-state index contributed by atoms with van der Waals surface area (Å²) < 4.78 is 16.3. The first-order valence-electron chi connectivity index (χ1n) is 10.0. The molecule has 3 heterocycles. The summed E-state index contributed by atoms with van der Waals surface area (Å²) in [7, 11) is 2.98. The predicted octanol–water partition coefficient (Wildman–Crippen LogP) is 4.41. The summed E-state index contributed by atoms with van der Waals surface area (Å²) in [5, 5.41) is 13.2. The molecule has 0 aliphatic carbocycles. The summed E-state index contributed by atoms with van der Waals surface area (Å²) in [4.78, 5) is 25.7. The smallest absolute Gasteiger partial charge is 0.261 e. The second kappa shape index (κ2) is 8.99. The van der Waals surface area contributed by atoms with Crippen LogP contribution in [-0.2, 0) is 0 Å². The van der Waals surface area contributed by atoms with Gasteiger partial charge in [0.2, 0.25) is 0 Å². The SMILES string of the molecule is COc1cnc2c(Oc3ccc(NC(=O)c4c(C)nc(C)c(OC)c4O)cc3)ccnc2c1. The lowest BCUT2D eigenvalue weighted by molar-refractivity contribution is 0.102. The zero-order valence-corrected chi connectivity index (χ0v) is 18.5. The predicted molar refractivity (Wildman–Crippen MR) is 122 cm³/mol. The molecule has 0 spiro atoms. The molecule has 1 amide bonds. The van der Waals surface area contributed by atoms with Crippen LogP contribution in [0.15, 0.2) is 48.8 Å². The lowest BCUT2D eigenvalue weighted by Gasteiger charge is -2.14. The Morgan fingerprint density at radius 2 is 1.73 bits per heavy atom. The third-order valence-electron chi connectivity index (χ3n) is 5.00. The highest BCUT2D eigenvalue weighted by atomic mass is 16.5. The van der Waals surface area contributed by atoms with E-state index >= 15 is 0 Å². The molecule has 0 radical (unpaired) electrons. The average molecular weight is 446 g/mol. The number of carbonyl (C=O) groups is 1. The number of ether oxygens (including phenoxy) is 3. The number of benzene rings is 1. The van der Waals surface area contributed by atoms with Crippen LogP contribution in [0.5, 0.6) is 28.7 Å². The molecule has 0 atom stereocenters. The van der Waals surface area contributed by atoms with Gasteiger partial charge in [-0.1, -0.05) is 0 Å². The second-order valence-corrected chi connectivity index (χ2v) is 7.17. The molecule has 0 unspecified atom stereocenters. The van der Waals surface area contributed by atoms with Crippen LogP contribution < -0.4 is 19.5 Å². The average Bonchev–Trinajstić information content (AvgIpc) is 2.80. The highest BCUT2D eigenvalue weighted by Crippen LogP contribution is 2.34. The number of aryl methyl sites for hydroxylation is 2. The van der Waals surface area contributed by atoms with Gasteiger partial charge in [-0.05, 0) is 38.1 Å². The number of aromatic nitrogens is 3. The van der Waals surface area contributed by atoms with Gasteiger partial charge in [-0.3, -0.25) is 14.8 Å². The topological polar surface area (TPSA) is 116 Å². The Morgan fingerprint density at radius 3 is 2.42 bits per heavy atom. The maximum Gasteiger partial charge on any atom is 0.261 e. The van der Waals surface area contributed by atoms with E-state index in [1.807, 2.05) is 0 Å². The van der Waals surface area contributed by atoms with Gasteiger partial charge in [0.15, 0.2) is 17.2 Å². The summed E-state index contributed by atoms with van der Waals surface area (Å²) >= 11 is 0. The van der Waals surface area contributed by atoms with E-state index in [4.69, 9.17) is 14.2 Å². The number of nitrogens with zero attached hydrogens (tertiary/aromatic N) is 3. The zero-order valence-electron chi connectivity index (χ0n) is 18.5. The van der Waals surface area contributed by atoms with Crippen molar-refractivity contribution < 1.29 is 24.1 Å². The number of amides is 1. The van der Waals surface area contributed by atoms with E-state index in [1.54, 1.807) is 69.7 Å². The Labute approximate surface area is 190 Å². The van der Waals surface area contributed by atoms with Gasteiger partial charge in [0.05, 0.1) is 37.3 Å². The van der Waals surface area contributed by atoms with Crippen LogP contribution in [0.25, 0.3) is 11.0 Å². The Bertz CT molecular complexity index is 1340. The van der Waals surface area contributed by atoms with E-state index in [2.05, 4.69) is 20.3 Å². The minimum atomic E-state index is -0.497. The lowest BCUT2D eigenvalue weighted by atomic mass is 10.1. The molecule has 3 aromatic heterocycles. The number of hydrogen-bond donors (Lipinski definition) is 2. The first-order valence-corrected chi connectivity index (χ1v) is 10.0. The Kier molecular flexibility index (Phi) is 5.95. The van der Waals surface area contributed by atoms with Crippen LogP contribution in [0.1, 0.15) is 21.7 Å². The van der Waals surface area contributed by atoms with Gasteiger partial charge in [-0.15, -0.1) is 0 Å². The standard InChI is InChI=1S/C24H22N4O5/c1-13-20(22(29)23(32-4)14(2)27-13)24(30)28-15-5-7-16(8-6-15)33-19-9-10-25-18-11-17(31-3)12-26-21(18)19/h5-12H,1-4H3,(H,27,29)(H,28,30). The molecule has 33 heavy (non-hydrogen) atoms. The third-order valence-corrected chi connectivity index (χ3v) is 5.00. The first kappa shape index (κ1) is 21.8. The minimum absolute atomic E-state index is 0.0579. The summed E-state index contributed by atoms with van der Waals surface area (Å²) in [6.07, 6.45) is 3.23. The van der Waals surface area contributed by atoms with E-state index in [1.165, 1.54) is 7.11 Å². The van der Waals surface area contributed by atoms with Crippen molar-refractivity contribution in [1.29, 1.82) is 0 Å². The Morgan fingerprint density at radius 1 is 0.970 bits per heavy atom. The number of carbonyl (C=O) groups excluding carboxylic acids is 1. The molecular weight excluding hydrogens is 424 g/mol. The fraction of sp³-hybridized carbons (Fsp3) is 0.167. The molecule has 0 aliphatic rings. The molecule has 0 bridgehead atoms. The van der Waals surface area contributed by atoms with Crippen molar-refractivity contribution in [3.8, 4) is 28.7 Å². The van der Waals surface area contributed by atoms with Gasteiger partial charge in [-0.25, -0.2) is 4.98 Å². The van der Waals surface area contributed by atoms with Gasteiger partial charge in [-0.2, -0.15) is 0 Å². The Hall–Kier alpha value is -4.40. The summed E-state index contributed by atoms with van der Waals surface area (Å²) in [6, 6.07) is 10.3. The molecule has 0 saturated carbocycles. The molecule has 4 rings (SSSR count). The van der Waals surface area contributed by atoms with E-state index < -0.39 is 5.91 Å². The lowest BCUT2D eigenvalue weighted by Crippen LogP contribution is -2.15. The molecule has 0 aliphatic heterocycles. The zero-order chi connectivity index (χ0) is 23.5. The number of hydrogen-bond acceptors (Lipinski definition) is 8. The largest absolute Gasteiger partial charge is 0.504 e. The second-order valence-electron chi connectivity index (χ2n) is 7.17. The fourth-order valence-electron chi connectivity index (χ4n) is 3.44. The molecule has 2 N–H and O–H groups in total. The van der Waals surface area contributed by atoms with E-state index in [-0.39, 0.29) is 17.1 Å². The number of rotatable bonds is 6. The van der Waals surface area contributed by atoms with Gasteiger partial charge >= 0.3 is 0 Å². The van der Waals surface area contributed by atoms with E-state index in [0.29, 0.717) is 45.4 Å². The third kappa shape index (κ3) is 4.33. The number of pyridine rings is 3. The van der Waals surface area contributed by atoms with Crippen LogP contribution >= 0.6 is 0 Å². The maximum absolute atomic E-state index is 12.8. The Balaban J connectivity index is 1.53. The number of fused-ring (bicyclic) bond motifs is 1. The van der Waals surface area contributed by atoms with Crippen LogP contribution in [0.4, 0.5) is 5.69 Å². The number of anilines is 1. The summed E-state index contributed by atoms with van der Waals surface area (Å²) in [5.41, 5.74) is 2.73. The first-order chi connectivity index (χ1) is 15.9. The van der Waals surface area contributed by atoms with Crippen LogP contribution in [-0.4, -0.2) is 40.2 Å². The highest BCUT2D eigenvalue weighted by Gasteiger charge is 2.22. The van der Waals surface area contributed by atoms with Gasteiger partial charge in [0.25, 0.3) is 5.91 Å². The van der Waals surface area contributed by atoms with Crippen molar-refractivity contribution >= 4 is 22.6 Å². The van der Waals surface area contributed by atoms with Crippen molar-refractivity contribution in [2.45, 2.75) is 13.8 Å². The molecular formula is C24H22N4O5. The number of aromatic hydroxyl groups is 1. The van der Waals surface area contributed by atoms with Crippen molar-refractivity contribution in [3.05, 3.63) is 65.7 Å². The molecule has 168 valence electrons. The molecule has 0 fully saturated rings. The minimum Gasteiger partial charge on any atom is -0.504 e. The normalized spacial score (nSPS) is 10.7. The van der Waals surface area contributed by atoms with Crippen molar-refractivity contribution in [3.63, 3.8) is 0 Å². The molecule has 9 heteroatoms. The number of methoxy groups -OCH3 is 2. The number of nitrogens with one attached hydrogen (secondary N) is 1. The highest BCUT2D eigenvalue weighted by molar-refractivity contribution is 6.07. The summed E-state index contributed by atoms with van der Waals surface area (Å²) in [6.45, 7) is 3.35. The monoisotopic (exact) mass is 446 g/mol. The summed E-state index contributed by atoms with van der Waals surface area (Å²) in [5.74, 6) is 1.13. The molecule has 9 nitrogen and oxygen atoms in total. The quantitative estimate of drug-likeness (QED) is 0.447. The molecule has 1 aromatic carbocycles. The van der Waals surface area contributed by atoms with E-state index in [0.717, 1.165) is 0 Å². The van der Waals surface area contributed by atoms with Crippen LogP contribution in [0, 0.1) is 13.8 Å². The fourth-order valence-corrected chi connectivity index (χ4v) is 3.44. The van der Waals surface area contributed by atoms with Gasteiger partial charge in [0, 0.05) is 24.0 Å². The van der Waals surface area contributed by atoms with Gasteiger partial charge in [0.1, 0.15) is 22.6 Å². The molecule has 0 saturated heterocycles. The van der Waals surface area contributed by atoms with Crippen molar-refractivity contribution in [1.82, 2.24) is 15.0 Å². The van der Waals surface area contributed by atoms with Crippen molar-refractivity contribution in [2.75, 3.05) is 19.5 Å².